The van der Waals surface area contributed by atoms with E-state index in [4.69, 9.17) is 0 Å². The molecule has 0 spiro atoms. The van der Waals surface area contributed by atoms with Gasteiger partial charge in [0.05, 0.1) is 23.0 Å². The van der Waals surface area contributed by atoms with Crippen molar-refractivity contribution >= 4 is 34.5 Å². The number of carbonyl (C=O) groups excluding carboxylic acids is 2. The fraction of sp³-hybridized carbons (Fsp3) is 0.229. The van der Waals surface area contributed by atoms with Crippen molar-refractivity contribution in [3.63, 3.8) is 0 Å². The predicted molar refractivity (Wildman–Crippen MR) is 168 cm³/mol. The lowest BCUT2D eigenvalue weighted by Crippen LogP contribution is -2.29. The molecule has 212 valence electrons. The summed E-state index contributed by atoms with van der Waals surface area (Å²) in [4.78, 5) is 33.7. The van der Waals surface area contributed by atoms with Gasteiger partial charge in [-0.05, 0) is 86.4 Å². The summed E-state index contributed by atoms with van der Waals surface area (Å²) in [5.41, 5.74) is 6.62. The summed E-state index contributed by atoms with van der Waals surface area (Å²) in [6.07, 6.45) is 5.56. The number of pyridine rings is 1. The number of anilines is 2. The van der Waals surface area contributed by atoms with E-state index in [0.29, 0.717) is 33.8 Å². The number of rotatable bonds is 8. The summed E-state index contributed by atoms with van der Waals surface area (Å²) >= 11 is 0. The molecular weight excluding hydrogens is 522 g/mol. The Morgan fingerprint density at radius 1 is 0.929 bits per heavy atom. The minimum absolute atomic E-state index is 0.162. The van der Waals surface area contributed by atoms with E-state index in [2.05, 4.69) is 38.0 Å². The van der Waals surface area contributed by atoms with Crippen LogP contribution in [-0.2, 0) is 11.3 Å². The normalized spacial score (nSPS) is 16.7. The third-order valence-electron chi connectivity index (χ3n) is 7.92. The number of hydrogen-bond acceptors (Lipinski definition) is 5. The molecule has 0 unspecified atom stereocenters. The molecule has 0 saturated carbocycles. The first-order chi connectivity index (χ1) is 20.5. The predicted octanol–water partition coefficient (Wildman–Crippen LogP) is 6.49. The van der Waals surface area contributed by atoms with Crippen molar-refractivity contribution in [3.8, 4) is 0 Å². The smallest absolute Gasteiger partial charge is 0.258 e. The lowest BCUT2D eigenvalue weighted by atomic mass is 9.99. The van der Waals surface area contributed by atoms with Crippen LogP contribution in [-0.4, -0.2) is 34.8 Å². The highest BCUT2D eigenvalue weighted by Gasteiger charge is 2.30. The van der Waals surface area contributed by atoms with Gasteiger partial charge < -0.3 is 16.0 Å². The minimum atomic E-state index is -0.241. The van der Waals surface area contributed by atoms with E-state index in [1.165, 1.54) is 24.8 Å². The number of fused-ring (bicyclic) bond motifs is 1. The zero-order valence-corrected chi connectivity index (χ0v) is 23.8. The van der Waals surface area contributed by atoms with Gasteiger partial charge in [-0.2, -0.15) is 0 Å². The van der Waals surface area contributed by atoms with Crippen LogP contribution in [0.4, 0.5) is 11.4 Å². The van der Waals surface area contributed by atoms with Crippen LogP contribution < -0.4 is 16.0 Å². The fourth-order valence-corrected chi connectivity index (χ4v) is 5.64. The average Bonchev–Trinajstić information content (AvgIpc) is 3.36. The van der Waals surface area contributed by atoms with Crippen LogP contribution in [0.15, 0.2) is 97.2 Å². The summed E-state index contributed by atoms with van der Waals surface area (Å²) in [7, 11) is 0. The van der Waals surface area contributed by atoms with Gasteiger partial charge in [0.15, 0.2) is 0 Å². The summed E-state index contributed by atoms with van der Waals surface area (Å²) in [5.74, 6) is -0.445. The quantitative estimate of drug-likeness (QED) is 0.216. The van der Waals surface area contributed by atoms with Crippen LogP contribution in [0.1, 0.15) is 65.0 Å². The first kappa shape index (κ1) is 27.4. The Hall–Kier alpha value is -4.75. The highest BCUT2D eigenvalue weighted by Crippen LogP contribution is 2.38. The van der Waals surface area contributed by atoms with Gasteiger partial charge in [-0.15, -0.1) is 0 Å². The monoisotopic (exact) mass is 557 g/mol. The topological polar surface area (TPSA) is 86.4 Å². The van der Waals surface area contributed by atoms with Gasteiger partial charge in [0, 0.05) is 35.2 Å². The van der Waals surface area contributed by atoms with Crippen LogP contribution in [0, 0.1) is 0 Å². The number of amides is 2. The van der Waals surface area contributed by atoms with Crippen LogP contribution >= 0.6 is 0 Å². The van der Waals surface area contributed by atoms with Gasteiger partial charge in [0.25, 0.3) is 11.8 Å². The largest absolute Gasteiger partial charge is 0.353 e. The second kappa shape index (κ2) is 12.4. The molecular formula is C35H35N5O2. The van der Waals surface area contributed by atoms with Crippen LogP contribution in [0.2, 0.25) is 0 Å². The van der Waals surface area contributed by atoms with Gasteiger partial charge in [-0.1, -0.05) is 55.0 Å². The number of nitrogens with zero attached hydrogens (tertiary/aromatic N) is 2. The molecule has 2 amide bonds. The number of benzene rings is 3. The van der Waals surface area contributed by atoms with Gasteiger partial charge in [-0.25, -0.2) is 0 Å². The van der Waals surface area contributed by atoms with Crippen molar-refractivity contribution in [3.05, 3.63) is 125 Å². The molecule has 6 rings (SSSR count). The van der Waals surface area contributed by atoms with Crippen molar-refractivity contribution in [2.24, 2.45) is 0 Å². The first-order valence-electron chi connectivity index (χ1n) is 14.6. The molecule has 7 nitrogen and oxygen atoms in total. The van der Waals surface area contributed by atoms with E-state index in [0.717, 1.165) is 30.9 Å². The maximum absolute atomic E-state index is 13.4. The SMILES string of the molecule is C[C@@H](NC(=O)c1ccc2c(c1)/C(=C(/Nc1ccc(CN3CCCCC3)cc1)c1ccccn1)C(=O)N2)c1ccccc1. The molecule has 3 heterocycles. The number of likely N-dealkylation sites (tertiary alicyclic amines) is 1. The van der Waals surface area contributed by atoms with Gasteiger partial charge >= 0.3 is 0 Å². The van der Waals surface area contributed by atoms with Crippen LogP contribution in [0.25, 0.3) is 11.3 Å². The summed E-state index contributed by atoms with van der Waals surface area (Å²) < 4.78 is 0. The molecule has 2 aliphatic heterocycles. The first-order valence-corrected chi connectivity index (χ1v) is 14.6. The van der Waals surface area contributed by atoms with Crippen LogP contribution in [0.3, 0.4) is 0 Å². The molecule has 0 bridgehead atoms. The number of carbonyl (C=O) groups is 2. The van der Waals surface area contributed by atoms with Gasteiger partial charge in [-0.3, -0.25) is 19.5 Å². The van der Waals surface area contributed by atoms with Crippen molar-refractivity contribution < 1.29 is 9.59 Å². The van der Waals surface area contributed by atoms with Gasteiger partial charge in [0.1, 0.15) is 0 Å². The third-order valence-corrected chi connectivity index (χ3v) is 7.92. The zero-order chi connectivity index (χ0) is 28.9. The molecule has 1 atom stereocenters. The molecule has 7 heteroatoms. The molecule has 4 aromatic rings. The molecule has 1 aromatic heterocycles. The maximum atomic E-state index is 13.4. The Bertz CT molecular complexity index is 1590. The lowest BCUT2D eigenvalue weighted by Gasteiger charge is -2.26. The van der Waals surface area contributed by atoms with Crippen molar-refractivity contribution in [1.82, 2.24) is 15.2 Å². The Morgan fingerprint density at radius 3 is 2.43 bits per heavy atom. The summed E-state index contributed by atoms with van der Waals surface area (Å²) in [5, 5.41) is 9.53. The Labute approximate surface area is 246 Å². The fourth-order valence-electron chi connectivity index (χ4n) is 5.64. The Morgan fingerprint density at radius 2 is 1.69 bits per heavy atom. The average molecular weight is 558 g/mol. The van der Waals surface area contributed by atoms with Crippen LogP contribution in [0.5, 0.6) is 0 Å². The minimum Gasteiger partial charge on any atom is -0.353 e. The van der Waals surface area contributed by atoms with Gasteiger partial charge in [0.2, 0.25) is 0 Å². The van der Waals surface area contributed by atoms with E-state index in [1.54, 1.807) is 24.4 Å². The van der Waals surface area contributed by atoms with Crippen molar-refractivity contribution in [1.29, 1.82) is 0 Å². The Kier molecular flexibility index (Phi) is 8.10. The van der Waals surface area contributed by atoms with E-state index in [-0.39, 0.29) is 17.9 Å². The van der Waals surface area contributed by atoms with E-state index < -0.39 is 0 Å². The van der Waals surface area contributed by atoms with E-state index in [1.807, 2.05) is 67.6 Å². The molecule has 3 N–H and O–H groups in total. The maximum Gasteiger partial charge on any atom is 0.258 e. The Balaban J connectivity index is 1.30. The standard InChI is InChI=1S/C35H35N5O2/c1-24(26-10-4-2-5-11-26)37-34(41)27-15-18-30-29(22-27)32(35(42)39-30)33(31-12-6-7-19-36-31)38-28-16-13-25(14-17-28)23-40-20-8-3-9-21-40/h2,4-7,10-19,22,24,38H,3,8-9,20-21,23H2,1H3,(H,37,41)(H,39,42)/b33-32-/t24-/m1/s1. The third kappa shape index (κ3) is 6.11. The molecule has 3 aromatic carbocycles. The highest BCUT2D eigenvalue weighted by molar-refractivity contribution is 6.37. The molecule has 1 fully saturated rings. The molecule has 1 saturated heterocycles. The lowest BCUT2D eigenvalue weighted by molar-refractivity contribution is -0.110. The second-order valence-corrected chi connectivity index (χ2v) is 10.9. The number of hydrogen-bond donors (Lipinski definition) is 3. The number of piperidine rings is 1. The highest BCUT2D eigenvalue weighted by atomic mass is 16.2. The van der Waals surface area contributed by atoms with E-state index >= 15 is 0 Å². The summed E-state index contributed by atoms with van der Waals surface area (Å²) in [6, 6.07) is 29.0. The second-order valence-electron chi connectivity index (χ2n) is 10.9. The molecule has 42 heavy (non-hydrogen) atoms. The van der Waals surface area contributed by atoms with Crippen molar-refractivity contribution in [2.45, 2.75) is 38.8 Å². The summed E-state index contributed by atoms with van der Waals surface area (Å²) in [6.45, 7) is 5.20. The number of nitrogens with one attached hydrogen (secondary N) is 3. The van der Waals surface area contributed by atoms with E-state index in [9.17, 15) is 9.59 Å². The molecule has 0 aliphatic carbocycles. The van der Waals surface area contributed by atoms with Crippen molar-refractivity contribution in [2.75, 3.05) is 23.7 Å². The molecule has 2 aliphatic rings. The molecule has 0 radical (unpaired) electrons. The zero-order valence-electron chi connectivity index (χ0n) is 23.8. The number of aromatic nitrogens is 1.